The van der Waals surface area contributed by atoms with Crippen molar-refractivity contribution in [1.29, 1.82) is 0 Å². The molecular formula is C22H27F3N6. The Bertz CT molecular complexity index is 1040. The maximum atomic E-state index is 12.8. The van der Waals surface area contributed by atoms with E-state index in [0.717, 1.165) is 67.6 Å². The van der Waals surface area contributed by atoms with Crippen molar-refractivity contribution in [2.24, 2.45) is 0 Å². The Labute approximate surface area is 179 Å². The highest BCUT2D eigenvalue weighted by Crippen LogP contribution is 2.29. The molecular weight excluding hydrogens is 405 g/mol. The van der Waals surface area contributed by atoms with Gasteiger partial charge in [-0.2, -0.15) is 17.7 Å². The third kappa shape index (κ3) is 4.81. The summed E-state index contributed by atoms with van der Waals surface area (Å²) in [5.41, 5.74) is 0.846. The summed E-state index contributed by atoms with van der Waals surface area (Å²) in [7, 11) is 0. The highest BCUT2D eigenvalue weighted by molar-refractivity contribution is 5.46. The molecule has 0 radical (unpaired) electrons. The summed E-state index contributed by atoms with van der Waals surface area (Å²) in [5, 5.41) is 13.3. The Morgan fingerprint density at radius 3 is 2.29 bits per heavy atom. The molecule has 1 aliphatic heterocycles. The summed E-state index contributed by atoms with van der Waals surface area (Å²) in [6, 6.07) is 9.37. The van der Waals surface area contributed by atoms with Crippen LogP contribution in [-0.4, -0.2) is 50.9 Å². The number of hydrogen-bond acceptors (Lipinski definition) is 5. The number of rotatable bonds is 3. The van der Waals surface area contributed by atoms with Crippen molar-refractivity contribution in [3.63, 3.8) is 0 Å². The first-order valence-electron chi connectivity index (χ1n) is 10.5. The third-order valence-corrected chi connectivity index (χ3v) is 5.52. The Hall–Kier alpha value is -2.68. The standard InChI is InChI=1S/C22H27F3N6/c1-21(2,3)20-27-26-18-9-10-19(28-31(18)20)30-12-4-11-29(13-14-30)15-16-5-7-17(8-6-16)22(23,24)25/h5-10H,4,11-15H2,1-3H3. The predicted molar refractivity (Wildman–Crippen MR) is 113 cm³/mol. The fourth-order valence-electron chi connectivity index (χ4n) is 3.83. The van der Waals surface area contributed by atoms with Gasteiger partial charge in [-0.3, -0.25) is 4.90 Å². The quantitative estimate of drug-likeness (QED) is 0.622. The maximum absolute atomic E-state index is 12.8. The summed E-state index contributed by atoms with van der Waals surface area (Å²) in [4.78, 5) is 4.53. The lowest BCUT2D eigenvalue weighted by Gasteiger charge is -2.23. The van der Waals surface area contributed by atoms with Crippen LogP contribution in [0.1, 0.15) is 44.1 Å². The van der Waals surface area contributed by atoms with Gasteiger partial charge in [-0.1, -0.05) is 32.9 Å². The maximum Gasteiger partial charge on any atom is 0.416 e. The Balaban J connectivity index is 1.44. The van der Waals surface area contributed by atoms with Gasteiger partial charge in [0.1, 0.15) is 5.82 Å². The highest BCUT2D eigenvalue weighted by atomic mass is 19.4. The van der Waals surface area contributed by atoms with Gasteiger partial charge in [-0.15, -0.1) is 15.3 Å². The number of aromatic nitrogens is 4. The average molecular weight is 432 g/mol. The van der Waals surface area contributed by atoms with Crippen molar-refractivity contribution < 1.29 is 13.2 Å². The van der Waals surface area contributed by atoms with Gasteiger partial charge < -0.3 is 4.90 Å². The molecule has 9 heteroatoms. The molecule has 1 fully saturated rings. The van der Waals surface area contributed by atoms with Crippen LogP contribution in [0.25, 0.3) is 5.65 Å². The van der Waals surface area contributed by atoms with E-state index in [0.29, 0.717) is 6.54 Å². The Morgan fingerprint density at radius 2 is 1.61 bits per heavy atom. The molecule has 0 N–H and O–H groups in total. The summed E-state index contributed by atoms with van der Waals surface area (Å²) in [5.74, 6) is 1.71. The Kier molecular flexibility index (Phi) is 5.63. The summed E-state index contributed by atoms with van der Waals surface area (Å²) in [6.45, 7) is 10.3. The zero-order chi connectivity index (χ0) is 22.2. The first-order valence-corrected chi connectivity index (χ1v) is 10.5. The van der Waals surface area contributed by atoms with Crippen molar-refractivity contribution in [3.05, 3.63) is 53.3 Å². The molecule has 2 aromatic heterocycles. The lowest BCUT2D eigenvalue weighted by Crippen LogP contribution is -2.31. The van der Waals surface area contributed by atoms with E-state index in [1.54, 1.807) is 12.1 Å². The van der Waals surface area contributed by atoms with E-state index in [-0.39, 0.29) is 5.41 Å². The number of benzene rings is 1. The minimum Gasteiger partial charge on any atom is -0.354 e. The van der Waals surface area contributed by atoms with Crippen LogP contribution in [0, 0.1) is 0 Å². The molecule has 3 heterocycles. The minimum absolute atomic E-state index is 0.164. The molecule has 166 valence electrons. The van der Waals surface area contributed by atoms with E-state index in [2.05, 4.69) is 40.8 Å². The molecule has 0 saturated carbocycles. The van der Waals surface area contributed by atoms with Gasteiger partial charge in [0.15, 0.2) is 11.5 Å². The number of nitrogens with zero attached hydrogens (tertiary/aromatic N) is 6. The largest absolute Gasteiger partial charge is 0.416 e. The van der Waals surface area contributed by atoms with E-state index in [1.807, 2.05) is 16.6 Å². The Morgan fingerprint density at radius 1 is 0.871 bits per heavy atom. The number of halogens is 3. The van der Waals surface area contributed by atoms with E-state index in [4.69, 9.17) is 5.10 Å². The van der Waals surface area contributed by atoms with Crippen LogP contribution in [0.3, 0.4) is 0 Å². The number of anilines is 1. The molecule has 3 aromatic rings. The molecule has 1 aromatic carbocycles. The van der Waals surface area contributed by atoms with Crippen molar-refractivity contribution in [1.82, 2.24) is 24.7 Å². The molecule has 1 aliphatic rings. The molecule has 0 aliphatic carbocycles. The van der Waals surface area contributed by atoms with Crippen LogP contribution in [-0.2, 0) is 18.1 Å². The van der Waals surface area contributed by atoms with Crippen LogP contribution in [0.4, 0.5) is 19.0 Å². The van der Waals surface area contributed by atoms with E-state index < -0.39 is 11.7 Å². The normalized spacial score (nSPS) is 16.6. The molecule has 31 heavy (non-hydrogen) atoms. The molecule has 1 saturated heterocycles. The van der Waals surface area contributed by atoms with Crippen LogP contribution in [0.2, 0.25) is 0 Å². The second-order valence-corrected chi connectivity index (χ2v) is 9.05. The average Bonchev–Trinajstić information content (AvgIpc) is 3.00. The smallest absolute Gasteiger partial charge is 0.354 e. The summed E-state index contributed by atoms with van der Waals surface area (Å²) in [6.07, 6.45) is -3.35. The van der Waals surface area contributed by atoms with Crippen LogP contribution < -0.4 is 4.90 Å². The number of alkyl halides is 3. The van der Waals surface area contributed by atoms with Crippen molar-refractivity contribution in [2.45, 2.75) is 45.3 Å². The zero-order valence-electron chi connectivity index (χ0n) is 18.0. The van der Waals surface area contributed by atoms with Crippen molar-refractivity contribution in [2.75, 3.05) is 31.1 Å². The van der Waals surface area contributed by atoms with Gasteiger partial charge in [-0.25, -0.2) is 0 Å². The van der Waals surface area contributed by atoms with Gasteiger partial charge in [0.05, 0.1) is 5.56 Å². The third-order valence-electron chi connectivity index (χ3n) is 5.52. The molecule has 0 atom stereocenters. The predicted octanol–water partition coefficient (Wildman–Crippen LogP) is 4.15. The van der Waals surface area contributed by atoms with Gasteiger partial charge in [0.25, 0.3) is 0 Å². The second kappa shape index (κ2) is 8.11. The SMILES string of the molecule is CC(C)(C)c1nnc2ccc(N3CCCN(Cc4ccc(C(F)(F)F)cc4)CC3)nn12. The fraction of sp³-hybridized carbons (Fsp3) is 0.500. The first kappa shape index (κ1) is 21.5. The summed E-state index contributed by atoms with van der Waals surface area (Å²) < 4.78 is 40.1. The number of hydrogen-bond donors (Lipinski definition) is 0. The monoisotopic (exact) mass is 432 g/mol. The molecule has 6 nitrogen and oxygen atoms in total. The topological polar surface area (TPSA) is 49.6 Å². The van der Waals surface area contributed by atoms with Gasteiger partial charge in [0, 0.05) is 38.1 Å². The molecule has 0 unspecified atom stereocenters. The van der Waals surface area contributed by atoms with Crippen molar-refractivity contribution >= 4 is 11.5 Å². The lowest BCUT2D eigenvalue weighted by atomic mass is 9.96. The summed E-state index contributed by atoms with van der Waals surface area (Å²) >= 11 is 0. The fourth-order valence-corrected chi connectivity index (χ4v) is 3.83. The van der Waals surface area contributed by atoms with Gasteiger partial charge in [-0.05, 0) is 36.2 Å². The van der Waals surface area contributed by atoms with E-state index in [9.17, 15) is 13.2 Å². The molecule has 0 spiro atoms. The van der Waals surface area contributed by atoms with Crippen LogP contribution in [0.5, 0.6) is 0 Å². The van der Waals surface area contributed by atoms with Gasteiger partial charge >= 0.3 is 6.18 Å². The first-order chi connectivity index (χ1) is 14.6. The lowest BCUT2D eigenvalue weighted by molar-refractivity contribution is -0.137. The van der Waals surface area contributed by atoms with E-state index >= 15 is 0 Å². The highest BCUT2D eigenvalue weighted by Gasteiger charge is 2.30. The van der Waals surface area contributed by atoms with Crippen LogP contribution in [0.15, 0.2) is 36.4 Å². The minimum atomic E-state index is -4.30. The van der Waals surface area contributed by atoms with Crippen LogP contribution >= 0.6 is 0 Å². The zero-order valence-corrected chi connectivity index (χ0v) is 18.0. The molecule has 0 bridgehead atoms. The molecule has 0 amide bonds. The second-order valence-electron chi connectivity index (χ2n) is 9.05. The van der Waals surface area contributed by atoms with Crippen molar-refractivity contribution in [3.8, 4) is 0 Å². The van der Waals surface area contributed by atoms with Gasteiger partial charge in [0.2, 0.25) is 0 Å². The molecule has 4 rings (SSSR count). The van der Waals surface area contributed by atoms with E-state index in [1.165, 1.54) is 0 Å². The number of fused-ring (bicyclic) bond motifs is 1.